The molecule has 2 aromatic heterocycles. The van der Waals surface area contributed by atoms with E-state index in [-0.39, 0.29) is 5.56 Å². The van der Waals surface area contributed by atoms with Crippen LogP contribution in [0.5, 0.6) is 0 Å². The second-order valence-electron chi connectivity index (χ2n) is 4.75. The van der Waals surface area contributed by atoms with E-state index in [1.54, 1.807) is 16.7 Å². The van der Waals surface area contributed by atoms with Crippen molar-refractivity contribution in [3.05, 3.63) is 47.2 Å². The summed E-state index contributed by atoms with van der Waals surface area (Å²) in [5.74, 6) is -0.190. The van der Waals surface area contributed by atoms with Gasteiger partial charge in [0.1, 0.15) is 29.6 Å². The summed E-state index contributed by atoms with van der Waals surface area (Å²) in [5, 5.41) is 9.95. The van der Waals surface area contributed by atoms with Crippen molar-refractivity contribution < 1.29 is 4.39 Å². The van der Waals surface area contributed by atoms with E-state index in [9.17, 15) is 9.65 Å². The highest BCUT2D eigenvalue weighted by atomic mass is 19.1. The Hall–Kier alpha value is -2.94. The number of fused-ring (bicyclic) bond motifs is 1. The largest absolute Gasteiger partial charge is 0.383 e. The van der Waals surface area contributed by atoms with Gasteiger partial charge in [-0.05, 0) is 31.5 Å². The van der Waals surface area contributed by atoms with Crippen LogP contribution in [0, 0.1) is 31.0 Å². The fourth-order valence-corrected chi connectivity index (χ4v) is 2.53. The van der Waals surface area contributed by atoms with Crippen molar-refractivity contribution in [3.8, 4) is 11.8 Å². The minimum absolute atomic E-state index is 0.0188. The first-order valence-electron chi connectivity index (χ1n) is 6.33. The van der Waals surface area contributed by atoms with Gasteiger partial charge in [0.2, 0.25) is 0 Å². The van der Waals surface area contributed by atoms with Crippen LogP contribution >= 0.6 is 0 Å². The molecule has 0 unspecified atom stereocenters. The molecule has 21 heavy (non-hydrogen) atoms. The molecule has 5 nitrogen and oxygen atoms in total. The molecule has 6 heteroatoms. The zero-order valence-electron chi connectivity index (χ0n) is 11.6. The van der Waals surface area contributed by atoms with Crippen LogP contribution in [0.25, 0.3) is 16.7 Å². The number of aromatic nitrogens is 3. The lowest BCUT2D eigenvalue weighted by molar-refractivity contribution is 0.622. The van der Waals surface area contributed by atoms with Crippen molar-refractivity contribution in [2.24, 2.45) is 0 Å². The Morgan fingerprint density at radius 2 is 2.05 bits per heavy atom. The predicted octanol–water partition coefficient (Wildman–Crippen LogP) is 2.63. The monoisotopic (exact) mass is 281 g/mol. The van der Waals surface area contributed by atoms with Crippen molar-refractivity contribution in [2.45, 2.75) is 13.8 Å². The standard InChI is InChI=1S/C15H12FN5/c1-8-9(2)21(15-13(8)14(18)19-7-20-15)12-5-3-4-11(16)10(12)6-17/h3-5,7H,1-2H3,(H2,18,19,20). The smallest absolute Gasteiger partial charge is 0.150 e. The zero-order valence-corrected chi connectivity index (χ0v) is 11.6. The number of halogens is 1. The molecule has 0 saturated heterocycles. The van der Waals surface area contributed by atoms with E-state index in [1.165, 1.54) is 12.4 Å². The van der Waals surface area contributed by atoms with Gasteiger partial charge in [0, 0.05) is 5.69 Å². The number of nitrogen functional groups attached to an aromatic ring is 1. The lowest BCUT2D eigenvalue weighted by Gasteiger charge is -2.10. The van der Waals surface area contributed by atoms with Crippen LogP contribution in [-0.2, 0) is 0 Å². The maximum absolute atomic E-state index is 13.9. The number of anilines is 1. The molecule has 0 bridgehead atoms. The van der Waals surface area contributed by atoms with Crippen LogP contribution in [0.15, 0.2) is 24.5 Å². The zero-order chi connectivity index (χ0) is 15.1. The number of nitrogens with two attached hydrogens (primary N) is 1. The molecule has 0 fully saturated rings. The number of rotatable bonds is 1. The number of hydrogen-bond donors (Lipinski definition) is 1. The molecule has 0 aliphatic carbocycles. The summed E-state index contributed by atoms with van der Waals surface area (Å²) in [6.07, 6.45) is 1.36. The summed E-state index contributed by atoms with van der Waals surface area (Å²) in [6, 6.07) is 6.42. The van der Waals surface area contributed by atoms with Gasteiger partial charge in [-0.25, -0.2) is 14.4 Å². The maximum atomic E-state index is 13.9. The van der Waals surface area contributed by atoms with E-state index in [0.717, 1.165) is 16.6 Å². The first-order chi connectivity index (χ1) is 10.1. The minimum Gasteiger partial charge on any atom is -0.383 e. The fourth-order valence-electron chi connectivity index (χ4n) is 2.53. The van der Waals surface area contributed by atoms with Crippen LogP contribution in [0.3, 0.4) is 0 Å². The highest BCUT2D eigenvalue weighted by Crippen LogP contribution is 2.31. The van der Waals surface area contributed by atoms with Gasteiger partial charge in [0.25, 0.3) is 0 Å². The first-order valence-corrected chi connectivity index (χ1v) is 6.33. The Labute approximate surface area is 120 Å². The van der Waals surface area contributed by atoms with Crippen molar-refractivity contribution in [1.29, 1.82) is 5.26 Å². The molecule has 0 aliphatic rings. The molecule has 0 atom stereocenters. The summed E-state index contributed by atoms with van der Waals surface area (Å²) in [6.45, 7) is 3.78. The van der Waals surface area contributed by atoms with Crippen LogP contribution in [-0.4, -0.2) is 14.5 Å². The summed E-state index contributed by atoms with van der Waals surface area (Å²) < 4.78 is 15.6. The third kappa shape index (κ3) is 1.75. The Bertz CT molecular complexity index is 905. The molecule has 0 aliphatic heterocycles. The lowest BCUT2D eigenvalue weighted by atomic mass is 10.1. The van der Waals surface area contributed by atoms with E-state index in [1.807, 2.05) is 19.9 Å². The molecule has 3 aromatic rings. The third-order valence-corrected chi connectivity index (χ3v) is 3.67. The van der Waals surface area contributed by atoms with Crippen LogP contribution in [0.1, 0.15) is 16.8 Å². The van der Waals surface area contributed by atoms with Gasteiger partial charge in [-0.15, -0.1) is 0 Å². The van der Waals surface area contributed by atoms with Crippen molar-refractivity contribution >= 4 is 16.9 Å². The Morgan fingerprint density at radius 1 is 1.29 bits per heavy atom. The summed E-state index contributed by atoms with van der Waals surface area (Å²) in [5.41, 5.74) is 8.67. The molecule has 0 spiro atoms. The first kappa shape index (κ1) is 13.1. The van der Waals surface area contributed by atoms with Gasteiger partial charge in [-0.2, -0.15) is 5.26 Å². The fraction of sp³-hybridized carbons (Fsp3) is 0.133. The summed E-state index contributed by atoms with van der Waals surface area (Å²) in [7, 11) is 0. The molecule has 3 rings (SSSR count). The molecule has 0 amide bonds. The van der Waals surface area contributed by atoms with E-state index >= 15 is 0 Å². The third-order valence-electron chi connectivity index (χ3n) is 3.67. The van der Waals surface area contributed by atoms with Crippen molar-refractivity contribution in [3.63, 3.8) is 0 Å². The number of benzene rings is 1. The number of nitriles is 1. The van der Waals surface area contributed by atoms with Crippen LogP contribution in [0.2, 0.25) is 0 Å². The minimum atomic E-state index is -0.559. The number of nitrogens with zero attached hydrogens (tertiary/aromatic N) is 4. The van der Waals surface area contributed by atoms with E-state index in [0.29, 0.717) is 17.2 Å². The molecule has 2 N–H and O–H groups in total. The molecular formula is C15H12FN5. The highest BCUT2D eigenvalue weighted by molar-refractivity contribution is 5.92. The van der Waals surface area contributed by atoms with Crippen molar-refractivity contribution in [1.82, 2.24) is 14.5 Å². The van der Waals surface area contributed by atoms with E-state index in [4.69, 9.17) is 5.73 Å². The van der Waals surface area contributed by atoms with Crippen LogP contribution < -0.4 is 5.73 Å². The molecule has 0 saturated carbocycles. The predicted molar refractivity (Wildman–Crippen MR) is 77.4 cm³/mol. The average Bonchev–Trinajstić information content (AvgIpc) is 2.72. The SMILES string of the molecule is Cc1c(C)n(-c2cccc(F)c2C#N)c2ncnc(N)c12. The number of aryl methyl sites for hydroxylation is 1. The molecule has 104 valence electrons. The quantitative estimate of drug-likeness (QED) is 0.743. The summed E-state index contributed by atoms with van der Waals surface area (Å²) >= 11 is 0. The van der Waals surface area contributed by atoms with E-state index < -0.39 is 5.82 Å². The molecule has 0 radical (unpaired) electrons. The van der Waals surface area contributed by atoms with Gasteiger partial charge < -0.3 is 5.73 Å². The normalized spacial score (nSPS) is 10.8. The summed E-state index contributed by atoms with van der Waals surface area (Å²) in [4.78, 5) is 8.24. The van der Waals surface area contributed by atoms with Crippen LogP contribution in [0.4, 0.5) is 10.2 Å². The highest BCUT2D eigenvalue weighted by Gasteiger charge is 2.19. The van der Waals surface area contributed by atoms with Crippen molar-refractivity contribution in [2.75, 3.05) is 5.73 Å². The molecule has 2 heterocycles. The second-order valence-corrected chi connectivity index (χ2v) is 4.75. The Kier molecular flexibility index (Phi) is 2.84. The Morgan fingerprint density at radius 3 is 2.76 bits per heavy atom. The average molecular weight is 281 g/mol. The Balaban J connectivity index is 2.48. The molecular weight excluding hydrogens is 269 g/mol. The van der Waals surface area contributed by atoms with Gasteiger partial charge in [0.15, 0.2) is 5.65 Å². The topological polar surface area (TPSA) is 80.5 Å². The van der Waals surface area contributed by atoms with E-state index in [2.05, 4.69) is 9.97 Å². The van der Waals surface area contributed by atoms with Gasteiger partial charge in [-0.1, -0.05) is 6.07 Å². The van der Waals surface area contributed by atoms with Gasteiger partial charge in [-0.3, -0.25) is 4.57 Å². The second kappa shape index (κ2) is 4.56. The lowest BCUT2D eigenvalue weighted by Crippen LogP contribution is -2.03. The van der Waals surface area contributed by atoms with Gasteiger partial charge in [0.05, 0.1) is 11.1 Å². The molecule has 1 aromatic carbocycles. The van der Waals surface area contributed by atoms with Gasteiger partial charge >= 0.3 is 0 Å². The number of hydrogen-bond acceptors (Lipinski definition) is 4. The maximum Gasteiger partial charge on any atom is 0.150 e.